The maximum Gasteiger partial charge on any atom is 0.161 e. The van der Waals surface area contributed by atoms with Crippen LogP contribution in [0, 0.1) is 6.92 Å². The minimum Gasteiger partial charge on any atom is -0.486 e. The molecule has 0 fully saturated rings. The molecule has 20 heavy (non-hydrogen) atoms. The summed E-state index contributed by atoms with van der Waals surface area (Å²) in [5.74, 6) is 1.58. The second kappa shape index (κ2) is 5.17. The fourth-order valence-corrected chi connectivity index (χ4v) is 2.49. The third kappa shape index (κ3) is 2.49. The lowest BCUT2D eigenvalue weighted by Crippen LogP contribution is -2.18. The molecule has 5 nitrogen and oxygen atoms in total. The van der Waals surface area contributed by atoms with E-state index in [1.54, 1.807) is 0 Å². The van der Waals surface area contributed by atoms with Crippen LogP contribution in [0.25, 0.3) is 0 Å². The molecule has 0 bridgehead atoms. The van der Waals surface area contributed by atoms with Gasteiger partial charge in [0.25, 0.3) is 0 Å². The van der Waals surface area contributed by atoms with Gasteiger partial charge in [0.05, 0.1) is 5.69 Å². The van der Waals surface area contributed by atoms with Gasteiger partial charge in [-0.25, -0.2) is 0 Å². The van der Waals surface area contributed by atoms with E-state index in [4.69, 9.17) is 15.2 Å². The first-order chi connectivity index (χ1) is 9.63. The van der Waals surface area contributed by atoms with Gasteiger partial charge in [-0.05, 0) is 30.7 Å². The maximum absolute atomic E-state index is 6.30. The predicted octanol–water partition coefficient (Wildman–Crippen LogP) is 1.74. The average Bonchev–Trinajstić information content (AvgIpc) is 2.76. The summed E-state index contributed by atoms with van der Waals surface area (Å²) >= 11 is 0. The topological polar surface area (TPSA) is 62.3 Å². The number of nitrogens with zero attached hydrogens (tertiary/aromatic N) is 2. The van der Waals surface area contributed by atoms with E-state index < -0.39 is 0 Å². The van der Waals surface area contributed by atoms with Crippen LogP contribution in [-0.4, -0.2) is 23.0 Å². The Kier molecular flexibility index (Phi) is 3.36. The molecule has 1 aliphatic heterocycles. The molecular weight excluding hydrogens is 254 g/mol. The van der Waals surface area contributed by atoms with Crippen LogP contribution in [0.15, 0.2) is 24.3 Å². The van der Waals surface area contributed by atoms with Crippen molar-refractivity contribution in [1.29, 1.82) is 0 Å². The lowest BCUT2D eigenvalue weighted by Gasteiger charge is -2.20. The highest BCUT2D eigenvalue weighted by molar-refractivity contribution is 5.44. The van der Waals surface area contributed by atoms with E-state index in [2.05, 4.69) is 11.2 Å². The number of fused-ring (bicyclic) bond motifs is 1. The molecule has 0 spiro atoms. The average molecular weight is 273 g/mol. The van der Waals surface area contributed by atoms with Gasteiger partial charge in [-0.3, -0.25) is 4.68 Å². The van der Waals surface area contributed by atoms with Gasteiger partial charge in [-0.15, -0.1) is 0 Å². The highest BCUT2D eigenvalue weighted by atomic mass is 16.6. The molecule has 5 heteroatoms. The zero-order chi connectivity index (χ0) is 14.1. The van der Waals surface area contributed by atoms with E-state index in [1.807, 2.05) is 36.9 Å². The zero-order valence-corrected chi connectivity index (χ0v) is 11.8. The van der Waals surface area contributed by atoms with E-state index in [0.717, 1.165) is 34.9 Å². The van der Waals surface area contributed by atoms with Crippen molar-refractivity contribution < 1.29 is 9.47 Å². The standard InChI is InChI=1S/C15H19N3O2/c1-10-7-12(18(2)17-10)9-13(16)11-3-4-14-15(8-11)20-6-5-19-14/h3-4,7-8,13H,5-6,9,16H2,1-2H3. The minimum atomic E-state index is -0.0828. The van der Waals surface area contributed by atoms with E-state index in [0.29, 0.717) is 13.2 Å². The fourth-order valence-electron chi connectivity index (χ4n) is 2.49. The van der Waals surface area contributed by atoms with Crippen LogP contribution in [0.5, 0.6) is 11.5 Å². The summed E-state index contributed by atoms with van der Waals surface area (Å²) in [5.41, 5.74) is 9.49. The third-order valence-corrected chi connectivity index (χ3v) is 3.52. The number of ether oxygens (including phenoxy) is 2. The minimum absolute atomic E-state index is 0.0828. The summed E-state index contributed by atoms with van der Waals surface area (Å²) in [7, 11) is 1.94. The van der Waals surface area contributed by atoms with Crippen molar-refractivity contribution >= 4 is 0 Å². The van der Waals surface area contributed by atoms with Gasteiger partial charge in [-0.2, -0.15) is 5.10 Å². The van der Waals surface area contributed by atoms with Crippen molar-refractivity contribution in [3.63, 3.8) is 0 Å². The van der Waals surface area contributed by atoms with Crippen LogP contribution in [0.1, 0.15) is 23.0 Å². The lowest BCUT2D eigenvalue weighted by molar-refractivity contribution is 0.171. The van der Waals surface area contributed by atoms with Crippen molar-refractivity contribution in [1.82, 2.24) is 9.78 Å². The number of hydrogen-bond donors (Lipinski definition) is 1. The molecule has 2 heterocycles. The summed E-state index contributed by atoms with van der Waals surface area (Å²) < 4.78 is 13.0. The number of aromatic nitrogens is 2. The molecule has 0 saturated carbocycles. The maximum atomic E-state index is 6.30. The monoisotopic (exact) mass is 273 g/mol. The van der Waals surface area contributed by atoms with Gasteiger partial charge < -0.3 is 15.2 Å². The summed E-state index contributed by atoms with van der Waals surface area (Å²) in [6.45, 7) is 3.18. The molecule has 2 N–H and O–H groups in total. The van der Waals surface area contributed by atoms with Gasteiger partial charge in [0.2, 0.25) is 0 Å². The van der Waals surface area contributed by atoms with Crippen molar-refractivity contribution in [2.24, 2.45) is 12.8 Å². The summed E-state index contributed by atoms with van der Waals surface area (Å²) in [4.78, 5) is 0. The Hall–Kier alpha value is -2.01. The number of benzene rings is 1. The third-order valence-electron chi connectivity index (χ3n) is 3.52. The molecule has 2 aromatic rings. The van der Waals surface area contributed by atoms with Gasteiger partial charge in [0.15, 0.2) is 11.5 Å². The largest absolute Gasteiger partial charge is 0.486 e. The highest BCUT2D eigenvalue weighted by Crippen LogP contribution is 2.32. The molecule has 0 aliphatic carbocycles. The van der Waals surface area contributed by atoms with Crippen LogP contribution >= 0.6 is 0 Å². The van der Waals surface area contributed by atoms with Crippen LogP contribution in [0.3, 0.4) is 0 Å². The Morgan fingerprint density at radius 3 is 2.70 bits per heavy atom. The van der Waals surface area contributed by atoms with E-state index in [-0.39, 0.29) is 6.04 Å². The molecule has 1 aliphatic rings. The summed E-state index contributed by atoms with van der Waals surface area (Å²) in [5, 5.41) is 4.34. The number of nitrogens with two attached hydrogens (primary N) is 1. The number of hydrogen-bond acceptors (Lipinski definition) is 4. The normalized spacial score (nSPS) is 15.2. The molecule has 0 radical (unpaired) electrons. The van der Waals surface area contributed by atoms with Gasteiger partial charge in [0, 0.05) is 25.2 Å². The Bertz CT molecular complexity index is 622. The smallest absolute Gasteiger partial charge is 0.161 e. The zero-order valence-electron chi connectivity index (χ0n) is 11.8. The first-order valence-corrected chi connectivity index (χ1v) is 6.78. The SMILES string of the molecule is Cc1cc(CC(N)c2ccc3c(c2)OCCO3)n(C)n1. The van der Waals surface area contributed by atoms with E-state index >= 15 is 0 Å². The van der Waals surface area contributed by atoms with Crippen molar-refractivity contribution in [3.05, 3.63) is 41.2 Å². The Morgan fingerprint density at radius 1 is 1.25 bits per heavy atom. The summed E-state index contributed by atoms with van der Waals surface area (Å²) in [6, 6.07) is 7.89. The van der Waals surface area contributed by atoms with Crippen LogP contribution in [0.2, 0.25) is 0 Å². The van der Waals surface area contributed by atoms with E-state index in [9.17, 15) is 0 Å². The Labute approximate surface area is 118 Å². The molecule has 1 atom stereocenters. The highest BCUT2D eigenvalue weighted by Gasteiger charge is 2.16. The van der Waals surface area contributed by atoms with Crippen molar-refractivity contribution in [3.8, 4) is 11.5 Å². The Balaban J connectivity index is 1.80. The van der Waals surface area contributed by atoms with Crippen LogP contribution in [0.4, 0.5) is 0 Å². The first kappa shape index (κ1) is 13.0. The quantitative estimate of drug-likeness (QED) is 0.925. The van der Waals surface area contributed by atoms with Crippen LogP contribution in [-0.2, 0) is 13.5 Å². The van der Waals surface area contributed by atoms with Gasteiger partial charge >= 0.3 is 0 Å². The van der Waals surface area contributed by atoms with Crippen LogP contribution < -0.4 is 15.2 Å². The molecule has 0 saturated heterocycles. The lowest BCUT2D eigenvalue weighted by atomic mass is 10.0. The number of rotatable bonds is 3. The van der Waals surface area contributed by atoms with Gasteiger partial charge in [0.1, 0.15) is 13.2 Å². The second-order valence-electron chi connectivity index (χ2n) is 5.11. The van der Waals surface area contributed by atoms with Crippen molar-refractivity contribution in [2.45, 2.75) is 19.4 Å². The molecule has 1 aromatic carbocycles. The molecular formula is C15H19N3O2. The van der Waals surface area contributed by atoms with E-state index in [1.165, 1.54) is 0 Å². The molecule has 106 valence electrons. The first-order valence-electron chi connectivity index (χ1n) is 6.78. The summed E-state index contributed by atoms with van der Waals surface area (Å²) in [6.07, 6.45) is 0.747. The second-order valence-corrected chi connectivity index (χ2v) is 5.11. The number of aryl methyl sites for hydroxylation is 2. The van der Waals surface area contributed by atoms with Crippen molar-refractivity contribution in [2.75, 3.05) is 13.2 Å². The van der Waals surface area contributed by atoms with Gasteiger partial charge in [-0.1, -0.05) is 6.07 Å². The Morgan fingerprint density at radius 2 is 2.00 bits per heavy atom. The fraction of sp³-hybridized carbons (Fsp3) is 0.400. The molecule has 1 unspecified atom stereocenters. The predicted molar refractivity (Wildman–Crippen MR) is 76.0 cm³/mol. The molecule has 3 rings (SSSR count). The molecule has 1 aromatic heterocycles. The molecule has 0 amide bonds.